The number of ketones is 2. The number of aromatic nitrogens is 1. The van der Waals surface area contributed by atoms with Crippen LogP contribution in [-0.4, -0.2) is 40.0 Å². The molecule has 0 radical (unpaired) electrons. The maximum Gasteiger partial charge on any atom is 0.255 e. The van der Waals surface area contributed by atoms with Crippen LogP contribution in [0, 0.1) is 24.2 Å². The van der Waals surface area contributed by atoms with E-state index in [2.05, 4.69) is 6.07 Å². The minimum absolute atomic E-state index is 0.0260. The third kappa shape index (κ3) is 4.71. The molecule has 0 spiro atoms. The monoisotopic (exact) mass is 509 g/mol. The highest BCUT2D eigenvalue weighted by atomic mass is 35.5. The Balaban J connectivity index is 1.67. The lowest BCUT2D eigenvalue weighted by Crippen LogP contribution is -2.39. The molecule has 6 nitrogen and oxygen atoms in total. The van der Waals surface area contributed by atoms with Crippen LogP contribution in [0.1, 0.15) is 63.7 Å². The van der Waals surface area contributed by atoms with E-state index in [1.807, 2.05) is 6.92 Å². The van der Waals surface area contributed by atoms with Gasteiger partial charge in [0, 0.05) is 37.5 Å². The summed E-state index contributed by atoms with van der Waals surface area (Å²) in [7, 11) is 1.75. The Morgan fingerprint density at radius 3 is 2.43 bits per heavy atom. The predicted octanol–water partition coefficient (Wildman–Crippen LogP) is 5.73. The van der Waals surface area contributed by atoms with Crippen LogP contribution in [0.4, 0.5) is 0 Å². The molecule has 0 N–H and O–H groups in total. The van der Waals surface area contributed by atoms with E-state index in [4.69, 9.17) is 23.2 Å². The first kappa shape index (κ1) is 25.0. The van der Waals surface area contributed by atoms with E-state index in [1.54, 1.807) is 47.7 Å². The normalized spacial score (nSPS) is 14.2. The van der Waals surface area contributed by atoms with Crippen LogP contribution in [0.5, 0.6) is 0 Å². The molecule has 1 aromatic heterocycles. The Morgan fingerprint density at radius 2 is 1.80 bits per heavy atom. The van der Waals surface area contributed by atoms with Crippen LogP contribution in [0.2, 0.25) is 10.0 Å². The van der Waals surface area contributed by atoms with Gasteiger partial charge in [0.05, 0.1) is 38.5 Å². The van der Waals surface area contributed by atoms with Crippen molar-refractivity contribution in [2.24, 2.45) is 13.0 Å². The molecule has 0 bridgehead atoms. The number of benzene rings is 2. The molecule has 0 aliphatic carbocycles. The van der Waals surface area contributed by atoms with Gasteiger partial charge in [-0.25, -0.2) is 0 Å². The zero-order valence-corrected chi connectivity index (χ0v) is 21.3. The summed E-state index contributed by atoms with van der Waals surface area (Å²) in [5, 5.41) is 10.3. The van der Waals surface area contributed by atoms with Gasteiger partial charge in [0.15, 0.2) is 0 Å². The number of halogens is 2. The van der Waals surface area contributed by atoms with Gasteiger partial charge >= 0.3 is 0 Å². The Bertz CT molecular complexity index is 1410. The van der Waals surface area contributed by atoms with Crippen LogP contribution in [0.3, 0.4) is 0 Å². The number of hydrogen-bond acceptors (Lipinski definition) is 4. The molecule has 1 saturated heterocycles. The SMILES string of the molecule is CC(=O)CC1CCN(C(=O)c2ccc(Cl)c(C(=O)c3cc4c(C)cc(C#N)cc4n3C)c2Cl)CC1. The number of Topliss-reactive ketones (excluding diaryl/α,β-unsaturated/α-hetero) is 1. The number of likely N-dealkylation sites (tertiary alicyclic amines) is 1. The van der Waals surface area contributed by atoms with Crippen molar-refractivity contribution in [1.82, 2.24) is 9.47 Å². The summed E-state index contributed by atoms with van der Waals surface area (Å²) in [5.74, 6) is -0.211. The van der Waals surface area contributed by atoms with Gasteiger partial charge in [-0.1, -0.05) is 23.2 Å². The Kier molecular flexibility index (Phi) is 7.02. The minimum Gasteiger partial charge on any atom is -0.341 e. The van der Waals surface area contributed by atoms with Crippen LogP contribution in [-0.2, 0) is 11.8 Å². The fraction of sp³-hybridized carbons (Fsp3) is 0.333. The van der Waals surface area contributed by atoms with Gasteiger partial charge in [-0.05, 0) is 68.5 Å². The Labute approximate surface area is 214 Å². The molecule has 8 heteroatoms. The first-order valence-corrected chi connectivity index (χ1v) is 12.2. The zero-order valence-electron chi connectivity index (χ0n) is 19.8. The number of carbonyl (C=O) groups is 3. The maximum absolute atomic E-state index is 13.6. The summed E-state index contributed by atoms with van der Waals surface area (Å²) in [5.41, 5.74) is 2.80. The second-order valence-electron chi connectivity index (χ2n) is 9.18. The molecule has 35 heavy (non-hydrogen) atoms. The number of hydrogen-bond donors (Lipinski definition) is 0. The smallest absolute Gasteiger partial charge is 0.255 e. The molecular formula is C27H25Cl2N3O3. The van der Waals surface area contributed by atoms with Gasteiger partial charge < -0.3 is 14.3 Å². The van der Waals surface area contributed by atoms with E-state index in [0.29, 0.717) is 30.8 Å². The lowest BCUT2D eigenvalue weighted by molar-refractivity contribution is -0.118. The fourth-order valence-electron chi connectivity index (χ4n) is 4.86. The van der Waals surface area contributed by atoms with Crippen molar-refractivity contribution in [1.29, 1.82) is 5.26 Å². The van der Waals surface area contributed by atoms with Gasteiger partial charge in [-0.2, -0.15) is 5.26 Å². The molecule has 180 valence electrons. The first-order valence-electron chi connectivity index (χ1n) is 11.4. The van der Waals surface area contributed by atoms with E-state index in [0.717, 1.165) is 29.3 Å². The second kappa shape index (κ2) is 9.85. The van der Waals surface area contributed by atoms with Crippen molar-refractivity contribution in [3.63, 3.8) is 0 Å². The summed E-state index contributed by atoms with van der Waals surface area (Å²) < 4.78 is 1.71. The largest absolute Gasteiger partial charge is 0.341 e. The van der Waals surface area contributed by atoms with Crippen LogP contribution in [0.25, 0.3) is 10.9 Å². The Hall–Kier alpha value is -3.14. The van der Waals surface area contributed by atoms with E-state index in [9.17, 15) is 19.6 Å². The summed E-state index contributed by atoms with van der Waals surface area (Å²) >= 11 is 13.1. The zero-order chi connectivity index (χ0) is 25.4. The van der Waals surface area contributed by atoms with Crippen LogP contribution < -0.4 is 0 Å². The van der Waals surface area contributed by atoms with E-state index in [-0.39, 0.29) is 38.8 Å². The standard InChI is InChI=1S/C27H25Cl2N3O3/c1-15-10-18(14-30)12-22-20(15)13-23(31(22)3)26(34)24-21(28)5-4-19(25(24)29)27(35)32-8-6-17(7-9-32)11-16(2)33/h4-5,10,12-13,17H,6-9,11H2,1-3H3. The van der Waals surface area contributed by atoms with Crippen molar-refractivity contribution >= 4 is 51.6 Å². The molecule has 1 fully saturated rings. The fourth-order valence-corrected chi connectivity index (χ4v) is 5.48. The lowest BCUT2D eigenvalue weighted by atomic mass is 9.91. The van der Waals surface area contributed by atoms with Gasteiger partial charge in [0.25, 0.3) is 5.91 Å². The minimum atomic E-state index is -0.397. The Morgan fingerprint density at radius 1 is 1.11 bits per heavy atom. The molecule has 0 unspecified atom stereocenters. The van der Waals surface area contributed by atoms with Gasteiger partial charge in [-0.3, -0.25) is 9.59 Å². The third-order valence-electron chi connectivity index (χ3n) is 6.76. The lowest BCUT2D eigenvalue weighted by Gasteiger charge is -2.32. The number of aryl methyl sites for hydroxylation is 2. The number of piperidine rings is 1. The van der Waals surface area contributed by atoms with Crippen molar-refractivity contribution in [3.05, 3.63) is 68.3 Å². The number of fused-ring (bicyclic) bond motifs is 1. The highest BCUT2D eigenvalue weighted by Gasteiger charge is 2.29. The molecule has 1 aliphatic rings. The number of nitrogens with zero attached hydrogens (tertiary/aromatic N) is 3. The first-order chi connectivity index (χ1) is 16.6. The summed E-state index contributed by atoms with van der Waals surface area (Å²) in [6, 6.07) is 10.5. The molecule has 1 aliphatic heterocycles. The van der Waals surface area contributed by atoms with Gasteiger partial charge in [0.1, 0.15) is 5.78 Å². The molecule has 4 rings (SSSR count). The van der Waals surface area contributed by atoms with E-state index >= 15 is 0 Å². The average molecular weight is 510 g/mol. The van der Waals surface area contributed by atoms with Gasteiger partial charge in [0.2, 0.25) is 5.78 Å². The highest BCUT2D eigenvalue weighted by molar-refractivity contribution is 6.42. The van der Waals surface area contributed by atoms with Crippen LogP contribution >= 0.6 is 23.2 Å². The number of amides is 1. The topological polar surface area (TPSA) is 83.2 Å². The number of nitriles is 1. The molecular weight excluding hydrogens is 485 g/mol. The number of carbonyl (C=O) groups excluding carboxylic acids is 3. The van der Waals surface area contributed by atoms with E-state index in [1.165, 1.54) is 6.07 Å². The maximum atomic E-state index is 13.6. The third-order valence-corrected chi connectivity index (χ3v) is 7.46. The van der Waals surface area contributed by atoms with E-state index < -0.39 is 5.78 Å². The molecule has 0 atom stereocenters. The van der Waals surface area contributed by atoms with Crippen molar-refractivity contribution in [3.8, 4) is 6.07 Å². The van der Waals surface area contributed by atoms with Crippen molar-refractivity contribution in [2.45, 2.75) is 33.1 Å². The quantitative estimate of drug-likeness (QED) is 0.411. The molecule has 0 saturated carbocycles. The molecule has 3 aromatic rings. The highest BCUT2D eigenvalue weighted by Crippen LogP contribution is 2.34. The van der Waals surface area contributed by atoms with Crippen molar-refractivity contribution < 1.29 is 14.4 Å². The molecule has 2 heterocycles. The summed E-state index contributed by atoms with van der Waals surface area (Å²) in [6.45, 7) is 4.53. The summed E-state index contributed by atoms with van der Waals surface area (Å²) in [6.07, 6.45) is 2.04. The summed E-state index contributed by atoms with van der Waals surface area (Å²) in [4.78, 5) is 40.0. The van der Waals surface area contributed by atoms with Gasteiger partial charge in [-0.15, -0.1) is 0 Å². The van der Waals surface area contributed by atoms with Crippen molar-refractivity contribution in [2.75, 3.05) is 13.1 Å². The average Bonchev–Trinajstić information content (AvgIpc) is 3.15. The van der Waals surface area contributed by atoms with Crippen LogP contribution in [0.15, 0.2) is 30.3 Å². The second-order valence-corrected chi connectivity index (χ2v) is 9.97. The molecule has 2 aromatic carbocycles. The number of rotatable bonds is 5. The predicted molar refractivity (Wildman–Crippen MR) is 136 cm³/mol. The molecule has 1 amide bonds.